The average molecular weight is 389 g/mol. The summed E-state index contributed by atoms with van der Waals surface area (Å²) in [6.45, 7) is 1.60. The number of hydrogen-bond acceptors (Lipinski definition) is 1. The molecule has 2 rings (SSSR count). The molecule has 25 heavy (non-hydrogen) atoms. The second kappa shape index (κ2) is 7.50. The number of benzene rings is 2. The highest BCUT2D eigenvalue weighted by Gasteiger charge is 2.34. The maximum Gasteiger partial charge on any atom is 0.416 e. The van der Waals surface area contributed by atoms with E-state index in [1.165, 1.54) is 30.3 Å². The number of carboxylic acid groups (broad SMARTS) is 1. The third-order valence-corrected chi connectivity index (χ3v) is 3.98. The molecule has 0 atom stereocenters. The lowest BCUT2D eigenvalue weighted by molar-refractivity contribution is -0.0690. The molecule has 132 valence electrons. The van der Waals surface area contributed by atoms with Crippen molar-refractivity contribution in [3.63, 3.8) is 0 Å². The van der Waals surface area contributed by atoms with Gasteiger partial charge in [0.05, 0.1) is 11.1 Å². The monoisotopic (exact) mass is 388 g/mol. The van der Waals surface area contributed by atoms with E-state index in [-0.39, 0.29) is 27.6 Å². The Bertz CT molecular complexity index is 822. The lowest BCUT2D eigenvalue weighted by Gasteiger charge is -2.13. The summed E-state index contributed by atoms with van der Waals surface area (Å²) in [4.78, 5) is 11.0. The summed E-state index contributed by atoms with van der Waals surface area (Å²) in [6, 6.07) is 8.18. The van der Waals surface area contributed by atoms with Crippen molar-refractivity contribution in [2.24, 2.45) is 0 Å². The van der Waals surface area contributed by atoms with Crippen LogP contribution in [0.3, 0.4) is 0 Å². The van der Waals surface area contributed by atoms with Crippen LogP contribution in [0.5, 0.6) is 0 Å². The van der Waals surface area contributed by atoms with Crippen LogP contribution in [-0.4, -0.2) is 17.3 Å². The first-order chi connectivity index (χ1) is 11.6. The Hall–Kier alpha value is -1.98. The van der Waals surface area contributed by atoms with Gasteiger partial charge in [-0.15, -0.1) is 0 Å². The van der Waals surface area contributed by atoms with Crippen LogP contribution in [0.15, 0.2) is 42.5 Å². The first-order valence-electron chi connectivity index (χ1n) is 7.14. The van der Waals surface area contributed by atoms with Crippen molar-refractivity contribution in [3.8, 4) is 0 Å². The SMILES string of the molecule is Cc1cc(CC=C(c2cc(Cl)cc(Cl)c2)C(F)(F)F)ccc1C(=O)O. The number of aryl methyl sites for hydroxylation is 1. The van der Waals surface area contributed by atoms with Crippen molar-refractivity contribution in [2.45, 2.75) is 19.5 Å². The molecule has 2 aromatic carbocycles. The lowest BCUT2D eigenvalue weighted by atomic mass is 9.99. The fourth-order valence-electron chi connectivity index (χ4n) is 2.42. The minimum atomic E-state index is -4.58. The molecule has 0 saturated carbocycles. The summed E-state index contributed by atoms with van der Waals surface area (Å²) in [5, 5.41) is 9.22. The molecule has 0 fully saturated rings. The van der Waals surface area contributed by atoms with Crippen LogP contribution in [0.4, 0.5) is 13.2 Å². The maximum atomic E-state index is 13.4. The van der Waals surface area contributed by atoms with Gasteiger partial charge in [-0.25, -0.2) is 4.79 Å². The van der Waals surface area contributed by atoms with E-state index in [9.17, 15) is 18.0 Å². The maximum absolute atomic E-state index is 13.4. The van der Waals surface area contributed by atoms with Crippen LogP contribution < -0.4 is 0 Å². The van der Waals surface area contributed by atoms with E-state index in [2.05, 4.69) is 0 Å². The van der Waals surface area contributed by atoms with Gasteiger partial charge in [0, 0.05) is 10.0 Å². The van der Waals surface area contributed by atoms with Crippen LogP contribution in [0.2, 0.25) is 10.0 Å². The Morgan fingerprint density at radius 1 is 1.12 bits per heavy atom. The van der Waals surface area contributed by atoms with E-state index in [1.807, 2.05) is 0 Å². The Balaban J connectivity index is 2.39. The molecule has 0 spiro atoms. The molecule has 0 bridgehead atoms. The lowest BCUT2D eigenvalue weighted by Crippen LogP contribution is -2.11. The van der Waals surface area contributed by atoms with Crippen molar-refractivity contribution in [1.82, 2.24) is 0 Å². The molecule has 1 N–H and O–H groups in total. The number of halogens is 5. The quantitative estimate of drug-likeness (QED) is 0.677. The zero-order chi connectivity index (χ0) is 18.8. The zero-order valence-electron chi connectivity index (χ0n) is 13.0. The third kappa shape index (κ3) is 5.00. The van der Waals surface area contributed by atoms with Crippen molar-refractivity contribution in [2.75, 3.05) is 0 Å². The van der Waals surface area contributed by atoms with Crippen LogP contribution in [0.25, 0.3) is 5.57 Å². The Kier molecular flexibility index (Phi) is 5.80. The van der Waals surface area contributed by atoms with Crippen molar-refractivity contribution >= 4 is 34.7 Å². The second-order valence-corrected chi connectivity index (χ2v) is 6.31. The van der Waals surface area contributed by atoms with Gasteiger partial charge in [0.1, 0.15) is 0 Å². The van der Waals surface area contributed by atoms with Gasteiger partial charge in [-0.3, -0.25) is 0 Å². The van der Waals surface area contributed by atoms with E-state index in [0.29, 0.717) is 11.1 Å². The molecular formula is C18H13Cl2F3O2. The van der Waals surface area contributed by atoms with Gasteiger partial charge >= 0.3 is 12.1 Å². The topological polar surface area (TPSA) is 37.3 Å². The summed E-state index contributed by atoms with van der Waals surface area (Å²) in [7, 11) is 0. The van der Waals surface area contributed by atoms with E-state index in [1.54, 1.807) is 13.0 Å². The molecular weight excluding hydrogens is 376 g/mol. The van der Waals surface area contributed by atoms with Crippen LogP contribution in [0.1, 0.15) is 27.0 Å². The summed E-state index contributed by atoms with van der Waals surface area (Å²) in [6.07, 6.45) is -3.55. The molecule has 0 aliphatic heterocycles. The molecule has 2 aromatic rings. The Labute approximate surface area is 152 Å². The summed E-state index contributed by atoms with van der Waals surface area (Å²) >= 11 is 11.6. The number of carbonyl (C=O) groups is 1. The van der Waals surface area contributed by atoms with Crippen molar-refractivity contribution in [3.05, 3.63) is 74.8 Å². The van der Waals surface area contributed by atoms with Gasteiger partial charge < -0.3 is 5.11 Å². The Morgan fingerprint density at radius 2 is 1.72 bits per heavy atom. The van der Waals surface area contributed by atoms with Gasteiger partial charge in [-0.05, 0) is 54.3 Å². The van der Waals surface area contributed by atoms with E-state index < -0.39 is 17.7 Å². The molecule has 7 heteroatoms. The molecule has 0 aromatic heterocycles. The first kappa shape index (κ1) is 19.3. The summed E-state index contributed by atoms with van der Waals surface area (Å²) in [5.74, 6) is -1.08. The highest BCUT2D eigenvalue weighted by molar-refractivity contribution is 6.34. The zero-order valence-corrected chi connectivity index (χ0v) is 14.5. The fraction of sp³-hybridized carbons (Fsp3) is 0.167. The van der Waals surface area contributed by atoms with Crippen molar-refractivity contribution < 1.29 is 23.1 Å². The second-order valence-electron chi connectivity index (χ2n) is 5.43. The fourth-order valence-corrected chi connectivity index (χ4v) is 2.95. The minimum Gasteiger partial charge on any atom is -0.478 e. The number of allylic oxidation sites excluding steroid dienone is 2. The summed E-state index contributed by atoms with van der Waals surface area (Å²) < 4.78 is 40.2. The first-order valence-corrected chi connectivity index (χ1v) is 7.90. The van der Waals surface area contributed by atoms with Crippen LogP contribution in [-0.2, 0) is 6.42 Å². The standard InChI is InChI=1S/C18H13Cl2F3O2/c1-10-6-11(2-4-15(10)17(24)25)3-5-16(18(21,22)23)12-7-13(19)9-14(20)8-12/h2,4-9H,3H2,1H3,(H,24,25). The predicted molar refractivity (Wildman–Crippen MR) is 92.3 cm³/mol. The van der Waals surface area contributed by atoms with Gasteiger partial charge in [0.15, 0.2) is 0 Å². The van der Waals surface area contributed by atoms with Gasteiger partial charge in [-0.1, -0.05) is 41.4 Å². The Morgan fingerprint density at radius 3 is 2.20 bits per heavy atom. The highest BCUT2D eigenvalue weighted by atomic mass is 35.5. The van der Waals surface area contributed by atoms with Crippen LogP contribution in [0, 0.1) is 6.92 Å². The smallest absolute Gasteiger partial charge is 0.416 e. The minimum absolute atomic E-state index is 0.0142. The number of rotatable bonds is 4. The molecule has 0 aliphatic rings. The molecule has 0 saturated heterocycles. The molecule has 0 unspecified atom stereocenters. The van der Waals surface area contributed by atoms with E-state index in [4.69, 9.17) is 28.3 Å². The number of alkyl halides is 3. The largest absolute Gasteiger partial charge is 0.478 e. The molecule has 2 nitrogen and oxygen atoms in total. The van der Waals surface area contributed by atoms with Crippen LogP contribution >= 0.6 is 23.2 Å². The summed E-state index contributed by atoms with van der Waals surface area (Å²) in [5.41, 5.74) is 0.196. The van der Waals surface area contributed by atoms with E-state index >= 15 is 0 Å². The molecule has 0 amide bonds. The molecule has 0 aliphatic carbocycles. The predicted octanol–water partition coefficient (Wildman–Crippen LogP) is 6.19. The number of aromatic carboxylic acids is 1. The average Bonchev–Trinajstić information content (AvgIpc) is 2.44. The van der Waals surface area contributed by atoms with Gasteiger partial charge in [-0.2, -0.15) is 13.2 Å². The number of carboxylic acids is 1. The molecule has 0 heterocycles. The number of hydrogen-bond donors (Lipinski definition) is 1. The third-order valence-electron chi connectivity index (χ3n) is 3.54. The van der Waals surface area contributed by atoms with E-state index in [0.717, 1.165) is 6.08 Å². The highest BCUT2D eigenvalue weighted by Crippen LogP contribution is 2.36. The van der Waals surface area contributed by atoms with Gasteiger partial charge in [0.2, 0.25) is 0 Å². The van der Waals surface area contributed by atoms with Crippen molar-refractivity contribution in [1.29, 1.82) is 0 Å². The molecule has 0 radical (unpaired) electrons. The van der Waals surface area contributed by atoms with Gasteiger partial charge in [0.25, 0.3) is 0 Å². The normalized spacial score (nSPS) is 12.3.